The van der Waals surface area contributed by atoms with Crippen molar-refractivity contribution in [1.82, 2.24) is 0 Å². The molecule has 1 nitrogen and oxygen atoms in total. The Kier molecular flexibility index (Phi) is 3.24. The van der Waals surface area contributed by atoms with E-state index in [1.165, 1.54) is 0 Å². The highest BCUT2D eigenvalue weighted by atomic mass is 35.5. The first-order valence-electron chi connectivity index (χ1n) is 3.58. The predicted octanol–water partition coefficient (Wildman–Crippen LogP) is 3.40. The van der Waals surface area contributed by atoms with Gasteiger partial charge in [-0.1, -0.05) is 11.6 Å². The van der Waals surface area contributed by atoms with Crippen LogP contribution in [0.25, 0.3) is 0 Å². The van der Waals surface area contributed by atoms with Crippen LogP contribution in [0.3, 0.4) is 0 Å². The molecule has 0 atom stereocenters. The summed E-state index contributed by atoms with van der Waals surface area (Å²) in [4.78, 5) is 0. The van der Waals surface area contributed by atoms with Gasteiger partial charge in [0.15, 0.2) is 0 Å². The van der Waals surface area contributed by atoms with Gasteiger partial charge in [0.05, 0.1) is 12.1 Å². The normalized spacial score (nSPS) is 10.0. The average Bonchev–Trinajstić information content (AvgIpc) is 2.05. The first-order chi connectivity index (χ1) is 5.69. The average molecular weight is 205 g/mol. The largest absolute Gasteiger partial charge is 0.495 e. The fourth-order valence-electron chi connectivity index (χ4n) is 0.995. The molecule has 66 valence electrons. The van der Waals surface area contributed by atoms with E-state index in [9.17, 15) is 0 Å². The van der Waals surface area contributed by atoms with Crippen LogP contribution >= 0.6 is 23.2 Å². The van der Waals surface area contributed by atoms with E-state index in [-0.39, 0.29) is 0 Å². The number of aryl methyl sites for hydroxylation is 1. The second-order valence-electron chi connectivity index (χ2n) is 2.55. The van der Waals surface area contributed by atoms with Crippen LogP contribution in [0.5, 0.6) is 5.75 Å². The number of alkyl halides is 1. The van der Waals surface area contributed by atoms with Gasteiger partial charge in [-0.3, -0.25) is 0 Å². The molecule has 0 heterocycles. The highest BCUT2D eigenvalue weighted by molar-refractivity contribution is 6.32. The van der Waals surface area contributed by atoms with E-state index in [1.54, 1.807) is 7.11 Å². The topological polar surface area (TPSA) is 9.23 Å². The minimum Gasteiger partial charge on any atom is -0.495 e. The van der Waals surface area contributed by atoms with Crippen molar-refractivity contribution >= 4 is 23.2 Å². The predicted molar refractivity (Wildman–Crippen MR) is 52.3 cm³/mol. The molecule has 0 aliphatic heterocycles. The van der Waals surface area contributed by atoms with Gasteiger partial charge < -0.3 is 4.74 Å². The van der Waals surface area contributed by atoms with Gasteiger partial charge >= 0.3 is 0 Å². The van der Waals surface area contributed by atoms with Crippen LogP contribution in [-0.2, 0) is 5.88 Å². The molecule has 0 radical (unpaired) electrons. The van der Waals surface area contributed by atoms with Gasteiger partial charge in [0, 0.05) is 5.88 Å². The third-order valence-electron chi connectivity index (χ3n) is 1.75. The molecule has 0 aliphatic carbocycles. The third kappa shape index (κ3) is 1.85. The summed E-state index contributed by atoms with van der Waals surface area (Å²) in [5.74, 6) is 1.16. The van der Waals surface area contributed by atoms with Crippen molar-refractivity contribution in [2.45, 2.75) is 12.8 Å². The molecule has 1 aromatic carbocycles. The Morgan fingerprint density at radius 1 is 1.42 bits per heavy atom. The summed E-state index contributed by atoms with van der Waals surface area (Å²) < 4.78 is 5.05. The van der Waals surface area contributed by atoms with Crippen molar-refractivity contribution in [2.24, 2.45) is 0 Å². The van der Waals surface area contributed by atoms with Crippen LogP contribution in [0.2, 0.25) is 5.02 Å². The first kappa shape index (κ1) is 9.69. The van der Waals surface area contributed by atoms with Crippen LogP contribution in [-0.4, -0.2) is 7.11 Å². The summed E-state index contributed by atoms with van der Waals surface area (Å²) in [7, 11) is 1.59. The highest BCUT2D eigenvalue weighted by Crippen LogP contribution is 2.28. The van der Waals surface area contributed by atoms with E-state index in [4.69, 9.17) is 27.9 Å². The second kappa shape index (κ2) is 4.01. The molecule has 3 heteroatoms. The summed E-state index contributed by atoms with van der Waals surface area (Å²) in [6, 6.07) is 3.72. The van der Waals surface area contributed by atoms with Crippen LogP contribution in [0, 0.1) is 6.92 Å². The fraction of sp³-hybridized carbons (Fsp3) is 0.333. The van der Waals surface area contributed by atoms with E-state index < -0.39 is 0 Å². The van der Waals surface area contributed by atoms with Crippen LogP contribution in [0.4, 0.5) is 0 Å². The Hall–Kier alpha value is -0.400. The van der Waals surface area contributed by atoms with Gasteiger partial charge in [-0.15, -0.1) is 11.6 Å². The zero-order valence-electron chi connectivity index (χ0n) is 7.03. The highest BCUT2D eigenvalue weighted by Gasteiger charge is 2.04. The van der Waals surface area contributed by atoms with E-state index in [0.717, 1.165) is 11.1 Å². The molecule has 0 saturated carbocycles. The lowest BCUT2D eigenvalue weighted by atomic mass is 10.1. The van der Waals surface area contributed by atoms with Gasteiger partial charge in [0.25, 0.3) is 0 Å². The standard InChI is InChI=1S/C9H10Cl2O/c1-6-3-8(11)9(12-2)4-7(6)5-10/h3-4H,5H2,1-2H3. The molecule has 0 fully saturated rings. The molecule has 12 heavy (non-hydrogen) atoms. The lowest BCUT2D eigenvalue weighted by Crippen LogP contribution is -1.89. The lowest BCUT2D eigenvalue weighted by Gasteiger charge is -2.07. The monoisotopic (exact) mass is 204 g/mol. The van der Waals surface area contributed by atoms with Crippen LogP contribution in [0.1, 0.15) is 11.1 Å². The molecule has 0 N–H and O–H groups in total. The maximum atomic E-state index is 5.89. The minimum atomic E-state index is 0.485. The van der Waals surface area contributed by atoms with Gasteiger partial charge in [-0.2, -0.15) is 0 Å². The SMILES string of the molecule is COc1cc(CCl)c(C)cc1Cl. The Labute approximate surface area is 82.2 Å². The number of hydrogen-bond acceptors (Lipinski definition) is 1. The van der Waals surface area contributed by atoms with Gasteiger partial charge in [-0.05, 0) is 30.2 Å². The maximum Gasteiger partial charge on any atom is 0.137 e. The number of halogens is 2. The number of ether oxygens (including phenoxy) is 1. The van der Waals surface area contributed by atoms with Crippen molar-refractivity contribution in [1.29, 1.82) is 0 Å². The molecule has 0 aliphatic rings. The molecular formula is C9H10Cl2O. The van der Waals surface area contributed by atoms with Crippen molar-refractivity contribution < 1.29 is 4.74 Å². The molecule has 0 unspecified atom stereocenters. The minimum absolute atomic E-state index is 0.485. The summed E-state index contributed by atoms with van der Waals surface area (Å²) in [6.07, 6.45) is 0. The molecular weight excluding hydrogens is 195 g/mol. The lowest BCUT2D eigenvalue weighted by molar-refractivity contribution is 0.414. The number of methoxy groups -OCH3 is 1. The van der Waals surface area contributed by atoms with E-state index in [1.807, 2.05) is 19.1 Å². The molecule has 0 amide bonds. The summed E-state index contributed by atoms with van der Waals surface area (Å²) in [5, 5.41) is 0.629. The molecule has 1 rings (SSSR count). The third-order valence-corrected chi connectivity index (χ3v) is 2.34. The van der Waals surface area contributed by atoms with Crippen molar-refractivity contribution in [3.05, 3.63) is 28.3 Å². The zero-order chi connectivity index (χ0) is 9.14. The number of hydrogen-bond donors (Lipinski definition) is 0. The molecule has 0 saturated heterocycles. The maximum absolute atomic E-state index is 5.89. The van der Waals surface area contributed by atoms with Crippen LogP contribution < -0.4 is 4.74 Å². The smallest absolute Gasteiger partial charge is 0.137 e. The van der Waals surface area contributed by atoms with Crippen molar-refractivity contribution in [2.75, 3.05) is 7.11 Å². The fourth-order valence-corrected chi connectivity index (χ4v) is 1.58. The first-order valence-corrected chi connectivity index (χ1v) is 4.49. The second-order valence-corrected chi connectivity index (χ2v) is 3.22. The number of benzene rings is 1. The Bertz CT molecular complexity index is 259. The zero-order valence-corrected chi connectivity index (χ0v) is 8.54. The van der Waals surface area contributed by atoms with E-state index >= 15 is 0 Å². The van der Waals surface area contributed by atoms with Crippen molar-refractivity contribution in [3.8, 4) is 5.75 Å². The van der Waals surface area contributed by atoms with Crippen molar-refractivity contribution in [3.63, 3.8) is 0 Å². The Morgan fingerprint density at radius 2 is 2.08 bits per heavy atom. The molecule has 0 bridgehead atoms. The van der Waals surface area contributed by atoms with Gasteiger partial charge in [0.1, 0.15) is 5.75 Å². The Morgan fingerprint density at radius 3 is 2.58 bits per heavy atom. The molecule has 0 aromatic heterocycles. The summed E-state index contributed by atoms with van der Waals surface area (Å²) in [5.41, 5.74) is 2.15. The quantitative estimate of drug-likeness (QED) is 0.672. The molecule has 1 aromatic rings. The van der Waals surface area contributed by atoms with Crippen LogP contribution in [0.15, 0.2) is 12.1 Å². The summed E-state index contributed by atoms with van der Waals surface area (Å²) >= 11 is 11.6. The van der Waals surface area contributed by atoms with E-state index in [0.29, 0.717) is 16.7 Å². The number of rotatable bonds is 2. The van der Waals surface area contributed by atoms with Gasteiger partial charge in [0.2, 0.25) is 0 Å². The molecule has 0 spiro atoms. The van der Waals surface area contributed by atoms with E-state index in [2.05, 4.69) is 0 Å². The summed E-state index contributed by atoms with van der Waals surface area (Å²) in [6.45, 7) is 1.98. The Balaban J connectivity index is 3.18. The van der Waals surface area contributed by atoms with Gasteiger partial charge in [-0.25, -0.2) is 0 Å².